The predicted molar refractivity (Wildman–Crippen MR) is 76.9 cm³/mol. The highest BCUT2D eigenvalue weighted by Crippen LogP contribution is 2.35. The first-order valence-corrected chi connectivity index (χ1v) is 7.66. The van der Waals surface area contributed by atoms with Crippen LogP contribution in [0.2, 0.25) is 5.28 Å². The van der Waals surface area contributed by atoms with Crippen LogP contribution in [0.25, 0.3) is 10.2 Å². The number of fused-ring (bicyclic) bond motifs is 1. The van der Waals surface area contributed by atoms with E-state index in [0.29, 0.717) is 0 Å². The van der Waals surface area contributed by atoms with E-state index in [1.54, 1.807) is 16.0 Å². The molecule has 3 aromatic rings. The number of rotatable bonds is 3. The fraction of sp³-hybridized carbons (Fsp3) is 0.273. The second-order valence-corrected chi connectivity index (χ2v) is 6.26. The summed E-state index contributed by atoms with van der Waals surface area (Å²) in [6.07, 6.45) is 2.50. The van der Waals surface area contributed by atoms with Crippen LogP contribution in [0, 0.1) is 0 Å². The smallest absolute Gasteiger partial charge is 0.224 e. The zero-order valence-electron chi connectivity index (χ0n) is 10.3. The summed E-state index contributed by atoms with van der Waals surface area (Å²) in [5, 5.41) is 6.94. The molecular formula is C11H10ClN5S2. The SMILES string of the molecule is CCc1cc2c(Sc3ncnn3C)nc(Cl)nc2s1. The molecule has 0 saturated heterocycles. The summed E-state index contributed by atoms with van der Waals surface area (Å²) in [6.45, 7) is 2.12. The van der Waals surface area contributed by atoms with Gasteiger partial charge in [0.2, 0.25) is 5.28 Å². The molecule has 0 spiro atoms. The fourth-order valence-electron chi connectivity index (χ4n) is 1.64. The quantitative estimate of drug-likeness (QED) is 0.549. The number of aromatic nitrogens is 5. The van der Waals surface area contributed by atoms with E-state index in [1.807, 2.05) is 7.05 Å². The molecule has 3 aromatic heterocycles. The molecule has 0 aliphatic rings. The monoisotopic (exact) mass is 311 g/mol. The Morgan fingerprint density at radius 1 is 1.42 bits per heavy atom. The Morgan fingerprint density at radius 2 is 2.26 bits per heavy atom. The molecule has 0 saturated carbocycles. The molecule has 0 unspecified atom stereocenters. The van der Waals surface area contributed by atoms with Gasteiger partial charge in [0, 0.05) is 17.3 Å². The van der Waals surface area contributed by atoms with Crippen LogP contribution in [0.4, 0.5) is 0 Å². The fourth-order valence-corrected chi connectivity index (χ4v) is 3.79. The van der Waals surface area contributed by atoms with Crippen molar-refractivity contribution in [1.82, 2.24) is 24.7 Å². The molecule has 0 amide bonds. The van der Waals surface area contributed by atoms with Crippen LogP contribution in [-0.2, 0) is 13.5 Å². The van der Waals surface area contributed by atoms with Gasteiger partial charge in [0.05, 0.1) is 0 Å². The Kier molecular flexibility index (Phi) is 3.42. The summed E-state index contributed by atoms with van der Waals surface area (Å²) < 4.78 is 1.71. The van der Waals surface area contributed by atoms with Crippen LogP contribution in [0.3, 0.4) is 0 Å². The topological polar surface area (TPSA) is 56.5 Å². The zero-order chi connectivity index (χ0) is 13.4. The summed E-state index contributed by atoms with van der Waals surface area (Å²) >= 11 is 9.08. The molecule has 3 rings (SSSR count). The maximum Gasteiger partial charge on any atom is 0.224 e. The molecule has 8 heteroatoms. The summed E-state index contributed by atoms with van der Waals surface area (Å²) in [5.74, 6) is 0. The van der Waals surface area contributed by atoms with E-state index >= 15 is 0 Å². The molecule has 0 aliphatic heterocycles. The lowest BCUT2D eigenvalue weighted by molar-refractivity contribution is 0.685. The van der Waals surface area contributed by atoms with Crippen LogP contribution in [0.5, 0.6) is 0 Å². The van der Waals surface area contributed by atoms with Gasteiger partial charge >= 0.3 is 0 Å². The Balaban J connectivity index is 2.11. The Labute approximate surface area is 123 Å². The van der Waals surface area contributed by atoms with Crippen LogP contribution in [-0.4, -0.2) is 24.7 Å². The van der Waals surface area contributed by atoms with E-state index in [4.69, 9.17) is 11.6 Å². The van der Waals surface area contributed by atoms with Gasteiger partial charge in [-0.15, -0.1) is 11.3 Å². The average molecular weight is 312 g/mol. The maximum atomic E-state index is 5.98. The maximum absolute atomic E-state index is 5.98. The summed E-state index contributed by atoms with van der Waals surface area (Å²) in [5.41, 5.74) is 0. The first-order valence-electron chi connectivity index (χ1n) is 5.65. The van der Waals surface area contributed by atoms with Crippen LogP contribution in [0.1, 0.15) is 11.8 Å². The molecule has 0 radical (unpaired) electrons. The van der Waals surface area contributed by atoms with E-state index in [0.717, 1.165) is 26.8 Å². The normalized spacial score (nSPS) is 11.3. The van der Waals surface area contributed by atoms with Gasteiger partial charge in [0.15, 0.2) is 5.16 Å². The van der Waals surface area contributed by atoms with Crippen LogP contribution in [0.15, 0.2) is 22.6 Å². The first kappa shape index (κ1) is 12.8. The Hall–Kier alpha value is -1.18. The summed E-state index contributed by atoms with van der Waals surface area (Å²) in [7, 11) is 1.85. The number of thiophene rings is 1. The highest BCUT2D eigenvalue weighted by Gasteiger charge is 2.14. The van der Waals surface area contributed by atoms with E-state index in [1.165, 1.54) is 23.0 Å². The Bertz CT molecular complexity index is 736. The minimum absolute atomic E-state index is 0.265. The van der Waals surface area contributed by atoms with E-state index in [2.05, 4.69) is 33.0 Å². The van der Waals surface area contributed by atoms with E-state index in [-0.39, 0.29) is 5.28 Å². The summed E-state index contributed by atoms with van der Waals surface area (Å²) in [4.78, 5) is 15.0. The zero-order valence-corrected chi connectivity index (χ0v) is 12.7. The first-order chi connectivity index (χ1) is 9.17. The van der Waals surface area contributed by atoms with E-state index < -0.39 is 0 Å². The third-order valence-corrected chi connectivity index (χ3v) is 4.99. The lowest BCUT2D eigenvalue weighted by Gasteiger charge is -2.01. The van der Waals surface area contributed by atoms with Gasteiger partial charge in [-0.25, -0.2) is 19.6 Å². The number of hydrogen-bond donors (Lipinski definition) is 0. The minimum atomic E-state index is 0.265. The van der Waals surface area contributed by atoms with Crippen molar-refractivity contribution in [3.8, 4) is 0 Å². The van der Waals surface area contributed by atoms with Crippen molar-refractivity contribution in [2.75, 3.05) is 0 Å². The summed E-state index contributed by atoms with van der Waals surface area (Å²) in [6, 6.07) is 2.12. The van der Waals surface area contributed by atoms with Crippen molar-refractivity contribution in [3.05, 3.63) is 22.6 Å². The van der Waals surface area contributed by atoms with Crippen LogP contribution < -0.4 is 0 Å². The van der Waals surface area contributed by atoms with Crippen molar-refractivity contribution >= 4 is 44.9 Å². The molecule has 0 aromatic carbocycles. The van der Waals surface area contributed by atoms with Crippen molar-refractivity contribution in [1.29, 1.82) is 0 Å². The largest absolute Gasteiger partial charge is 0.244 e. The van der Waals surface area contributed by atoms with Gasteiger partial charge in [0.1, 0.15) is 16.2 Å². The number of aryl methyl sites for hydroxylation is 2. The molecule has 5 nitrogen and oxygen atoms in total. The second kappa shape index (κ2) is 5.07. The molecule has 0 atom stereocenters. The van der Waals surface area contributed by atoms with Gasteiger partial charge in [0.25, 0.3) is 0 Å². The highest BCUT2D eigenvalue weighted by atomic mass is 35.5. The molecular weight excluding hydrogens is 302 g/mol. The van der Waals surface area contributed by atoms with Crippen molar-refractivity contribution in [3.63, 3.8) is 0 Å². The Morgan fingerprint density at radius 3 is 2.95 bits per heavy atom. The van der Waals surface area contributed by atoms with Gasteiger partial charge in [-0.2, -0.15) is 5.10 Å². The molecule has 98 valence electrons. The molecule has 0 bridgehead atoms. The molecule has 19 heavy (non-hydrogen) atoms. The van der Waals surface area contributed by atoms with Crippen molar-refractivity contribution in [2.45, 2.75) is 23.5 Å². The third kappa shape index (κ3) is 2.45. The van der Waals surface area contributed by atoms with Gasteiger partial charge in [-0.05, 0) is 35.9 Å². The van der Waals surface area contributed by atoms with Gasteiger partial charge < -0.3 is 0 Å². The molecule has 0 N–H and O–H groups in total. The highest BCUT2D eigenvalue weighted by molar-refractivity contribution is 7.99. The van der Waals surface area contributed by atoms with Gasteiger partial charge in [-0.3, -0.25) is 0 Å². The predicted octanol–water partition coefficient (Wildman–Crippen LogP) is 3.19. The number of nitrogens with zero attached hydrogens (tertiary/aromatic N) is 5. The van der Waals surface area contributed by atoms with Gasteiger partial charge in [-0.1, -0.05) is 6.92 Å². The van der Waals surface area contributed by atoms with Crippen LogP contribution >= 0.6 is 34.7 Å². The van der Waals surface area contributed by atoms with Crippen molar-refractivity contribution < 1.29 is 0 Å². The van der Waals surface area contributed by atoms with Crippen molar-refractivity contribution in [2.24, 2.45) is 7.05 Å². The van der Waals surface area contributed by atoms with E-state index in [9.17, 15) is 0 Å². The number of hydrogen-bond acceptors (Lipinski definition) is 6. The second-order valence-electron chi connectivity index (χ2n) is 3.85. The third-order valence-electron chi connectivity index (χ3n) is 2.59. The minimum Gasteiger partial charge on any atom is -0.244 e. The molecule has 3 heterocycles. The standard InChI is InChI=1S/C11H10ClN5S2/c1-3-6-4-7-8(18-6)15-10(12)16-9(7)19-11-13-5-14-17(11)2/h4-5H,3H2,1-2H3. The number of halogens is 1. The lowest BCUT2D eigenvalue weighted by Crippen LogP contribution is -1.94. The lowest BCUT2D eigenvalue weighted by atomic mass is 10.3. The molecule has 0 aliphatic carbocycles. The average Bonchev–Trinajstić information content (AvgIpc) is 2.96. The molecule has 0 fully saturated rings.